The van der Waals surface area contributed by atoms with Crippen molar-refractivity contribution in [2.24, 2.45) is 0 Å². The van der Waals surface area contributed by atoms with Crippen molar-refractivity contribution in [1.29, 1.82) is 0 Å². The maximum Gasteiger partial charge on any atom is 0.255 e. The lowest BCUT2D eigenvalue weighted by molar-refractivity contribution is 0.240. The molecule has 1 fully saturated rings. The number of nitrogens with zero attached hydrogens (tertiary/aromatic N) is 2. The monoisotopic (exact) mass is 313 g/mol. The zero-order chi connectivity index (χ0) is 16.0. The van der Waals surface area contributed by atoms with E-state index in [9.17, 15) is 9.18 Å². The van der Waals surface area contributed by atoms with E-state index in [1.165, 1.54) is 6.07 Å². The lowest BCUT2D eigenvalue weighted by atomic mass is 10.0. The Morgan fingerprint density at radius 3 is 3.00 bits per heavy atom. The summed E-state index contributed by atoms with van der Waals surface area (Å²) < 4.78 is 13.7. The quantitative estimate of drug-likeness (QED) is 0.948. The molecule has 4 rings (SSSR count). The number of fused-ring (bicyclic) bond motifs is 1. The van der Waals surface area contributed by atoms with Crippen molar-refractivity contribution in [3.8, 4) is 0 Å². The molecule has 4 nitrogen and oxygen atoms in total. The Morgan fingerprint density at radius 1 is 1.39 bits per heavy atom. The van der Waals surface area contributed by atoms with Gasteiger partial charge in [-0.2, -0.15) is 0 Å². The van der Waals surface area contributed by atoms with Crippen LogP contribution in [0, 0.1) is 12.7 Å². The van der Waals surface area contributed by atoms with E-state index < -0.39 is 0 Å². The van der Waals surface area contributed by atoms with Gasteiger partial charge in [0.25, 0.3) is 5.56 Å². The van der Waals surface area contributed by atoms with Crippen molar-refractivity contribution in [2.75, 3.05) is 6.54 Å². The van der Waals surface area contributed by atoms with Crippen LogP contribution in [-0.2, 0) is 19.5 Å². The van der Waals surface area contributed by atoms with Gasteiger partial charge in [-0.1, -0.05) is 12.1 Å². The van der Waals surface area contributed by atoms with Crippen molar-refractivity contribution in [2.45, 2.75) is 45.2 Å². The van der Waals surface area contributed by atoms with E-state index in [0.29, 0.717) is 24.6 Å². The summed E-state index contributed by atoms with van der Waals surface area (Å²) in [5.74, 6) is 1.15. The van der Waals surface area contributed by atoms with E-state index in [-0.39, 0.29) is 11.4 Å². The van der Waals surface area contributed by atoms with E-state index >= 15 is 0 Å². The summed E-state index contributed by atoms with van der Waals surface area (Å²) in [7, 11) is 0. The molecule has 0 bridgehead atoms. The summed E-state index contributed by atoms with van der Waals surface area (Å²) in [4.78, 5) is 22.2. The predicted octanol–water partition coefficient (Wildman–Crippen LogP) is 2.65. The zero-order valence-electron chi connectivity index (χ0n) is 13.2. The Balaban J connectivity index is 1.57. The lowest BCUT2D eigenvalue weighted by Crippen LogP contribution is -2.36. The Bertz CT molecular complexity index is 810. The fourth-order valence-corrected chi connectivity index (χ4v) is 3.25. The molecule has 0 atom stereocenters. The average molecular weight is 313 g/mol. The van der Waals surface area contributed by atoms with Crippen LogP contribution in [0.4, 0.5) is 4.39 Å². The number of nitrogens with one attached hydrogen (secondary N) is 1. The highest BCUT2D eigenvalue weighted by Gasteiger charge is 2.29. The summed E-state index contributed by atoms with van der Waals surface area (Å²) >= 11 is 0. The smallest absolute Gasteiger partial charge is 0.255 e. The van der Waals surface area contributed by atoms with Gasteiger partial charge in [0, 0.05) is 32.0 Å². The first-order valence-electron chi connectivity index (χ1n) is 8.20. The summed E-state index contributed by atoms with van der Waals surface area (Å²) in [6.07, 6.45) is 3.05. The topological polar surface area (TPSA) is 49.0 Å². The molecule has 0 spiro atoms. The molecule has 1 aromatic carbocycles. The highest BCUT2D eigenvalue weighted by molar-refractivity contribution is 5.28. The molecule has 0 amide bonds. The van der Waals surface area contributed by atoms with E-state index in [1.54, 1.807) is 13.0 Å². The average Bonchev–Trinajstić information content (AvgIpc) is 3.37. The summed E-state index contributed by atoms with van der Waals surface area (Å²) in [6.45, 7) is 3.90. The van der Waals surface area contributed by atoms with Crippen LogP contribution in [0.25, 0.3) is 0 Å². The van der Waals surface area contributed by atoms with E-state index in [0.717, 1.165) is 48.5 Å². The first-order valence-corrected chi connectivity index (χ1v) is 8.20. The second kappa shape index (κ2) is 5.57. The van der Waals surface area contributed by atoms with Crippen molar-refractivity contribution < 1.29 is 4.39 Å². The van der Waals surface area contributed by atoms with Crippen molar-refractivity contribution in [3.05, 3.63) is 62.6 Å². The van der Waals surface area contributed by atoms with Crippen LogP contribution >= 0.6 is 0 Å². The zero-order valence-corrected chi connectivity index (χ0v) is 13.2. The lowest BCUT2D eigenvalue weighted by Gasteiger charge is -2.28. The Labute approximate surface area is 134 Å². The molecule has 1 saturated carbocycles. The largest absolute Gasteiger partial charge is 0.310 e. The van der Waals surface area contributed by atoms with Crippen LogP contribution in [0.1, 0.15) is 47.0 Å². The third-order valence-electron chi connectivity index (χ3n) is 4.90. The van der Waals surface area contributed by atoms with Crippen molar-refractivity contribution >= 4 is 0 Å². The molecule has 1 aliphatic heterocycles. The number of hydrogen-bond donors (Lipinski definition) is 1. The molecule has 1 aromatic heterocycles. The third-order valence-corrected chi connectivity index (χ3v) is 4.90. The molecule has 2 aromatic rings. The van der Waals surface area contributed by atoms with Crippen LogP contribution < -0.4 is 5.56 Å². The molecule has 0 unspecified atom stereocenters. The van der Waals surface area contributed by atoms with Gasteiger partial charge in [0.1, 0.15) is 11.6 Å². The van der Waals surface area contributed by atoms with Gasteiger partial charge in [0.15, 0.2) is 0 Å². The van der Waals surface area contributed by atoms with Gasteiger partial charge in [-0.15, -0.1) is 0 Å². The highest BCUT2D eigenvalue weighted by atomic mass is 19.1. The minimum absolute atomic E-state index is 0.00226. The Kier molecular flexibility index (Phi) is 3.53. The number of halogens is 1. The normalized spacial score (nSPS) is 18.0. The number of aromatic amines is 1. The molecule has 0 radical (unpaired) electrons. The molecule has 5 heteroatoms. The molecule has 2 heterocycles. The van der Waals surface area contributed by atoms with Crippen molar-refractivity contribution in [3.63, 3.8) is 0 Å². The predicted molar refractivity (Wildman–Crippen MR) is 85.8 cm³/mol. The fourth-order valence-electron chi connectivity index (χ4n) is 3.25. The molecule has 1 N–H and O–H groups in total. The maximum absolute atomic E-state index is 13.7. The van der Waals surface area contributed by atoms with Crippen LogP contribution in [0.3, 0.4) is 0 Å². The number of rotatable bonds is 3. The van der Waals surface area contributed by atoms with E-state index in [2.05, 4.69) is 14.9 Å². The number of H-pyrrole nitrogens is 1. The van der Waals surface area contributed by atoms with Crippen LogP contribution in [0.5, 0.6) is 0 Å². The van der Waals surface area contributed by atoms with E-state index in [1.807, 2.05) is 6.07 Å². The van der Waals surface area contributed by atoms with Crippen LogP contribution in [0.2, 0.25) is 0 Å². The Hall–Kier alpha value is -2.01. The molecule has 1 aliphatic carbocycles. The van der Waals surface area contributed by atoms with Gasteiger partial charge >= 0.3 is 0 Å². The minimum Gasteiger partial charge on any atom is -0.310 e. The molecule has 2 aliphatic rings. The summed E-state index contributed by atoms with van der Waals surface area (Å²) in [5, 5.41) is 0. The summed E-state index contributed by atoms with van der Waals surface area (Å²) in [6, 6.07) is 5.18. The van der Waals surface area contributed by atoms with E-state index in [4.69, 9.17) is 0 Å². The molecule has 0 saturated heterocycles. The number of aromatic nitrogens is 2. The second-order valence-electron chi connectivity index (χ2n) is 6.64. The Morgan fingerprint density at radius 2 is 2.22 bits per heavy atom. The third kappa shape index (κ3) is 2.81. The van der Waals surface area contributed by atoms with Gasteiger partial charge in [-0.3, -0.25) is 9.69 Å². The molecular weight excluding hydrogens is 293 g/mol. The van der Waals surface area contributed by atoms with Crippen LogP contribution in [-0.4, -0.2) is 21.4 Å². The minimum atomic E-state index is -0.173. The number of benzene rings is 1. The van der Waals surface area contributed by atoms with Gasteiger partial charge < -0.3 is 4.98 Å². The van der Waals surface area contributed by atoms with Gasteiger partial charge in [0.2, 0.25) is 0 Å². The standard InChI is InChI=1S/C18H20FN3O/c1-11-13(3-2-4-15(11)19)9-22-8-7-16-14(10-22)18(23)21-17(20-16)12-5-6-12/h2-4,12H,5-10H2,1H3,(H,20,21,23). The number of hydrogen-bond acceptors (Lipinski definition) is 3. The highest BCUT2D eigenvalue weighted by Crippen LogP contribution is 2.37. The van der Waals surface area contributed by atoms with Gasteiger partial charge in [-0.25, -0.2) is 9.37 Å². The first-order chi connectivity index (χ1) is 11.1. The molecule has 120 valence electrons. The van der Waals surface area contributed by atoms with Gasteiger partial charge in [-0.05, 0) is 37.0 Å². The second-order valence-corrected chi connectivity index (χ2v) is 6.64. The van der Waals surface area contributed by atoms with Crippen LogP contribution in [0.15, 0.2) is 23.0 Å². The maximum atomic E-state index is 13.7. The SMILES string of the molecule is Cc1c(F)cccc1CN1CCc2nc(C3CC3)[nH]c(=O)c2C1. The first kappa shape index (κ1) is 14.6. The van der Waals surface area contributed by atoms with Gasteiger partial charge in [0.05, 0.1) is 11.3 Å². The summed E-state index contributed by atoms with van der Waals surface area (Å²) in [5.41, 5.74) is 3.39. The molecule has 23 heavy (non-hydrogen) atoms. The fraction of sp³-hybridized carbons (Fsp3) is 0.444. The molecular formula is C18H20FN3O. The van der Waals surface area contributed by atoms with Crippen molar-refractivity contribution in [1.82, 2.24) is 14.9 Å².